The minimum Gasteiger partial charge on any atom is -0.483 e. The van der Waals surface area contributed by atoms with Crippen molar-refractivity contribution in [3.8, 4) is 5.75 Å². The molecule has 0 N–H and O–H groups in total. The molecule has 20 heavy (non-hydrogen) atoms. The predicted molar refractivity (Wildman–Crippen MR) is 82.5 cm³/mol. The summed E-state index contributed by atoms with van der Waals surface area (Å²) >= 11 is 7.52. The number of thiophene rings is 1. The summed E-state index contributed by atoms with van der Waals surface area (Å²) in [6.45, 7) is 2.55. The van der Waals surface area contributed by atoms with Gasteiger partial charge in [0.25, 0.3) is 5.91 Å². The highest BCUT2D eigenvalue weighted by molar-refractivity contribution is 7.09. The molecule has 0 radical (unpaired) electrons. The van der Waals surface area contributed by atoms with E-state index in [0.29, 0.717) is 17.3 Å². The van der Waals surface area contributed by atoms with Gasteiger partial charge >= 0.3 is 0 Å². The Bertz CT molecular complexity index is 584. The van der Waals surface area contributed by atoms with E-state index in [1.807, 2.05) is 30.5 Å². The molecule has 1 amide bonds. The van der Waals surface area contributed by atoms with E-state index in [0.717, 1.165) is 10.4 Å². The average molecular weight is 310 g/mol. The largest absolute Gasteiger partial charge is 0.483 e. The van der Waals surface area contributed by atoms with Crippen LogP contribution in [-0.4, -0.2) is 24.5 Å². The molecule has 0 spiro atoms. The minimum absolute atomic E-state index is 0.0321. The van der Waals surface area contributed by atoms with Crippen molar-refractivity contribution in [3.05, 3.63) is 51.2 Å². The van der Waals surface area contributed by atoms with E-state index in [-0.39, 0.29) is 12.5 Å². The van der Waals surface area contributed by atoms with Gasteiger partial charge in [0, 0.05) is 16.9 Å². The lowest BCUT2D eigenvalue weighted by molar-refractivity contribution is -0.132. The van der Waals surface area contributed by atoms with E-state index in [4.69, 9.17) is 16.3 Å². The first kappa shape index (κ1) is 14.9. The molecule has 0 bridgehead atoms. The fourth-order valence-electron chi connectivity index (χ4n) is 1.75. The van der Waals surface area contributed by atoms with Crippen LogP contribution in [0.2, 0.25) is 5.02 Å². The summed E-state index contributed by atoms with van der Waals surface area (Å²) in [6, 6.07) is 9.34. The fourth-order valence-corrected chi connectivity index (χ4v) is 2.73. The highest BCUT2D eigenvalue weighted by Crippen LogP contribution is 2.21. The molecule has 0 saturated carbocycles. The number of hydrogen-bond acceptors (Lipinski definition) is 3. The molecule has 0 aliphatic carbocycles. The van der Waals surface area contributed by atoms with Gasteiger partial charge in [0.2, 0.25) is 0 Å². The van der Waals surface area contributed by atoms with Gasteiger partial charge in [0.15, 0.2) is 6.61 Å². The number of hydrogen-bond donors (Lipinski definition) is 0. The van der Waals surface area contributed by atoms with Crippen LogP contribution >= 0.6 is 22.9 Å². The van der Waals surface area contributed by atoms with Gasteiger partial charge in [-0.3, -0.25) is 4.79 Å². The molecule has 5 heteroatoms. The molecular formula is C15H16ClNO2S. The zero-order valence-electron chi connectivity index (χ0n) is 11.4. The monoisotopic (exact) mass is 309 g/mol. The van der Waals surface area contributed by atoms with Gasteiger partial charge in [-0.15, -0.1) is 11.3 Å². The number of likely N-dealkylation sites (N-methyl/N-ethyl adjacent to an activating group) is 1. The second-order valence-electron chi connectivity index (χ2n) is 4.53. The Morgan fingerprint density at radius 1 is 1.40 bits per heavy atom. The second-order valence-corrected chi connectivity index (χ2v) is 6.00. The first-order valence-corrected chi connectivity index (χ1v) is 7.47. The highest BCUT2D eigenvalue weighted by Gasteiger charge is 2.11. The van der Waals surface area contributed by atoms with Crippen LogP contribution in [0.4, 0.5) is 0 Å². The van der Waals surface area contributed by atoms with Crippen molar-refractivity contribution in [2.75, 3.05) is 13.7 Å². The van der Waals surface area contributed by atoms with E-state index >= 15 is 0 Å². The maximum Gasteiger partial charge on any atom is 0.260 e. The number of rotatable bonds is 5. The summed E-state index contributed by atoms with van der Waals surface area (Å²) in [4.78, 5) is 14.8. The molecule has 0 aliphatic rings. The topological polar surface area (TPSA) is 29.5 Å². The third-order valence-corrected chi connectivity index (χ3v) is 3.98. The highest BCUT2D eigenvalue weighted by atomic mass is 35.5. The van der Waals surface area contributed by atoms with Crippen molar-refractivity contribution in [1.29, 1.82) is 0 Å². The number of carbonyl (C=O) groups excluding carboxylic acids is 1. The smallest absolute Gasteiger partial charge is 0.260 e. The SMILES string of the molecule is Cc1cc(Cl)ccc1OCC(=O)N(C)Cc1cccs1. The van der Waals surface area contributed by atoms with Crippen molar-refractivity contribution < 1.29 is 9.53 Å². The molecule has 3 nitrogen and oxygen atoms in total. The number of carbonyl (C=O) groups is 1. The Kier molecular flexibility index (Phi) is 5.04. The number of halogens is 1. The third-order valence-electron chi connectivity index (χ3n) is 2.89. The van der Waals surface area contributed by atoms with Crippen LogP contribution in [0.5, 0.6) is 5.75 Å². The zero-order chi connectivity index (χ0) is 14.5. The Labute approximate surface area is 127 Å². The van der Waals surface area contributed by atoms with Crippen LogP contribution < -0.4 is 4.74 Å². The first-order valence-electron chi connectivity index (χ1n) is 6.21. The van der Waals surface area contributed by atoms with E-state index in [2.05, 4.69) is 0 Å². The summed E-state index contributed by atoms with van der Waals surface area (Å²) in [7, 11) is 1.78. The molecule has 0 atom stereocenters. The van der Waals surface area contributed by atoms with Crippen LogP contribution in [0.15, 0.2) is 35.7 Å². The number of ether oxygens (including phenoxy) is 1. The van der Waals surface area contributed by atoms with Gasteiger partial charge in [-0.25, -0.2) is 0 Å². The number of aryl methyl sites for hydroxylation is 1. The maximum absolute atomic E-state index is 12.0. The molecule has 1 aromatic carbocycles. The fraction of sp³-hybridized carbons (Fsp3) is 0.267. The molecule has 1 heterocycles. The summed E-state index contributed by atoms with van der Waals surface area (Å²) in [5.41, 5.74) is 0.922. The lowest BCUT2D eigenvalue weighted by Crippen LogP contribution is -2.30. The Balaban J connectivity index is 1.88. The van der Waals surface area contributed by atoms with Gasteiger partial charge in [-0.05, 0) is 42.1 Å². The lowest BCUT2D eigenvalue weighted by atomic mass is 10.2. The van der Waals surface area contributed by atoms with Crippen molar-refractivity contribution in [3.63, 3.8) is 0 Å². The van der Waals surface area contributed by atoms with Gasteiger partial charge in [-0.2, -0.15) is 0 Å². The van der Waals surface area contributed by atoms with Crippen molar-refractivity contribution in [2.24, 2.45) is 0 Å². The van der Waals surface area contributed by atoms with Gasteiger partial charge < -0.3 is 9.64 Å². The van der Waals surface area contributed by atoms with Crippen LogP contribution in [0.25, 0.3) is 0 Å². The normalized spacial score (nSPS) is 10.3. The molecule has 0 fully saturated rings. The molecule has 0 aliphatic heterocycles. The Morgan fingerprint density at radius 3 is 2.85 bits per heavy atom. The van der Waals surface area contributed by atoms with Crippen molar-refractivity contribution in [1.82, 2.24) is 4.90 Å². The second kappa shape index (κ2) is 6.77. The summed E-state index contributed by atoms with van der Waals surface area (Å²) < 4.78 is 5.55. The van der Waals surface area contributed by atoms with Gasteiger partial charge in [-0.1, -0.05) is 17.7 Å². The Hall–Kier alpha value is -1.52. The summed E-state index contributed by atoms with van der Waals surface area (Å²) in [5, 5.41) is 2.66. The average Bonchev–Trinajstić information content (AvgIpc) is 2.90. The number of nitrogens with zero attached hydrogens (tertiary/aromatic N) is 1. The van der Waals surface area contributed by atoms with Gasteiger partial charge in [0.1, 0.15) is 5.75 Å². The van der Waals surface area contributed by atoms with E-state index in [1.54, 1.807) is 35.4 Å². The van der Waals surface area contributed by atoms with Crippen LogP contribution in [0.3, 0.4) is 0 Å². The molecule has 0 unspecified atom stereocenters. The number of amides is 1. The van der Waals surface area contributed by atoms with E-state index in [1.165, 1.54) is 0 Å². The van der Waals surface area contributed by atoms with Crippen molar-refractivity contribution >= 4 is 28.8 Å². The van der Waals surface area contributed by atoms with Crippen LogP contribution in [0.1, 0.15) is 10.4 Å². The lowest BCUT2D eigenvalue weighted by Gasteiger charge is -2.17. The first-order chi connectivity index (χ1) is 9.56. The van der Waals surface area contributed by atoms with E-state index < -0.39 is 0 Å². The van der Waals surface area contributed by atoms with Crippen LogP contribution in [-0.2, 0) is 11.3 Å². The molecular weight excluding hydrogens is 294 g/mol. The predicted octanol–water partition coefficient (Wildman–Crippen LogP) is 3.75. The minimum atomic E-state index is -0.0484. The molecule has 1 aromatic heterocycles. The zero-order valence-corrected chi connectivity index (χ0v) is 13.0. The summed E-state index contributed by atoms with van der Waals surface area (Å²) in [5.74, 6) is 0.639. The molecule has 0 saturated heterocycles. The Morgan fingerprint density at radius 2 is 2.20 bits per heavy atom. The molecule has 2 aromatic rings. The summed E-state index contributed by atoms with van der Waals surface area (Å²) in [6.07, 6.45) is 0. The van der Waals surface area contributed by atoms with Crippen LogP contribution in [0, 0.1) is 6.92 Å². The molecule has 2 rings (SSSR count). The standard InChI is InChI=1S/C15H16ClNO2S/c1-11-8-12(16)5-6-14(11)19-10-15(18)17(2)9-13-4-3-7-20-13/h3-8H,9-10H2,1-2H3. The quantitative estimate of drug-likeness (QED) is 0.842. The third kappa shape index (κ3) is 3.99. The van der Waals surface area contributed by atoms with Crippen molar-refractivity contribution in [2.45, 2.75) is 13.5 Å². The molecule has 106 valence electrons. The maximum atomic E-state index is 12.0. The van der Waals surface area contributed by atoms with Gasteiger partial charge in [0.05, 0.1) is 6.54 Å². The number of benzene rings is 1. The van der Waals surface area contributed by atoms with E-state index in [9.17, 15) is 4.79 Å².